The fraction of sp³-hybridized carbons (Fsp3) is 0.172. The highest BCUT2D eigenvalue weighted by molar-refractivity contribution is 7.90. The Hall–Kier alpha value is -4.16. The predicted octanol–water partition coefficient (Wildman–Crippen LogP) is 6.14. The van der Waals surface area contributed by atoms with Gasteiger partial charge in [0.2, 0.25) is 0 Å². The van der Waals surface area contributed by atoms with Crippen LogP contribution in [0, 0.1) is 25.2 Å². The van der Waals surface area contributed by atoms with Crippen LogP contribution in [-0.2, 0) is 22.6 Å². The van der Waals surface area contributed by atoms with Crippen LogP contribution in [0.1, 0.15) is 27.8 Å². The van der Waals surface area contributed by atoms with Crippen LogP contribution in [-0.4, -0.2) is 19.2 Å². The van der Waals surface area contributed by atoms with Gasteiger partial charge in [-0.05, 0) is 65.9 Å². The van der Waals surface area contributed by atoms with E-state index in [4.69, 9.17) is 0 Å². The Kier molecular flexibility index (Phi) is 7.04. The number of rotatable bonds is 5. The quantitative estimate of drug-likeness (QED) is 0.307. The van der Waals surface area contributed by atoms with Crippen molar-refractivity contribution < 1.29 is 21.6 Å². The first kappa shape index (κ1) is 26.9. The van der Waals surface area contributed by atoms with Crippen LogP contribution in [0.3, 0.4) is 0 Å². The van der Waals surface area contributed by atoms with Crippen molar-refractivity contribution in [3.05, 3.63) is 111 Å². The molecule has 0 bridgehead atoms. The second-order valence-corrected chi connectivity index (χ2v) is 11.1. The fourth-order valence-corrected chi connectivity index (χ4v) is 4.95. The third-order valence-corrected chi connectivity index (χ3v) is 7.45. The van der Waals surface area contributed by atoms with Crippen molar-refractivity contribution in [2.24, 2.45) is 0 Å². The van der Waals surface area contributed by atoms with Gasteiger partial charge < -0.3 is 4.57 Å². The molecule has 4 aromatic rings. The van der Waals surface area contributed by atoms with Gasteiger partial charge in [-0.3, -0.25) is 4.79 Å². The maximum Gasteiger partial charge on any atom is 0.417 e. The van der Waals surface area contributed by atoms with Gasteiger partial charge in [0.1, 0.15) is 11.6 Å². The molecular formula is C29H23F3N2O3S. The molecule has 0 N–H and O–H groups in total. The van der Waals surface area contributed by atoms with Crippen molar-refractivity contribution >= 4 is 9.84 Å². The Morgan fingerprint density at radius 1 is 0.895 bits per heavy atom. The van der Waals surface area contributed by atoms with Crippen LogP contribution >= 0.6 is 0 Å². The fourth-order valence-electron chi connectivity index (χ4n) is 4.32. The van der Waals surface area contributed by atoms with E-state index < -0.39 is 32.7 Å². The summed E-state index contributed by atoms with van der Waals surface area (Å²) >= 11 is 0. The molecule has 1 heterocycles. The van der Waals surface area contributed by atoms with Crippen LogP contribution in [0.2, 0.25) is 0 Å². The van der Waals surface area contributed by atoms with E-state index in [0.717, 1.165) is 29.0 Å². The van der Waals surface area contributed by atoms with Gasteiger partial charge in [0, 0.05) is 6.26 Å². The lowest BCUT2D eigenvalue weighted by atomic mass is 9.98. The van der Waals surface area contributed by atoms with Crippen LogP contribution < -0.4 is 5.56 Å². The van der Waals surface area contributed by atoms with Crippen LogP contribution in [0.15, 0.2) is 82.5 Å². The number of halogens is 3. The van der Waals surface area contributed by atoms with E-state index >= 15 is 0 Å². The summed E-state index contributed by atoms with van der Waals surface area (Å²) in [5.74, 6) is 0. The number of nitrogens with zero attached hydrogens (tertiary/aromatic N) is 2. The van der Waals surface area contributed by atoms with Crippen molar-refractivity contribution in [3.63, 3.8) is 0 Å². The minimum absolute atomic E-state index is 0.0101. The van der Waals surface area contributed by atoms with Crippen molar-refractivity contribution in [1.29, 1.82) is 5.26 Å². The SMILES string of the molecule is Cc1ccc(Cn2c(-c3cccc(-c4ccc(S(C)(=O)=O)cc4)c3)cc(C(F)(F)F)c(C#N)c2=O)c(C)c1. The highest BCUT2D eigenvalue weighted by Gasteiger charge is 2.36. The Balaban J connectivity index is 1.93. The number of alkyl halides is 3. The first-order valence-corrected chi connectivity index (χ1v) is 13.4. The Bertz CT molecular complexity index is 1750. The highest BCUT2D eigenvalue weighted by atomic mass is 32.2. The molecular weight excluding hydrogens is 513 g/mol. The minimum Gasteiger partial charge on any atom is -0.303 e. The third kappa shape index (κ3) is 5.41. The molecule has 5 nitrogen and oxygen atoms in total. The molecule has 194 valence electrons. The van der Waals surface area contributed by atoms with E-state index in [-0.39, 0.29) is 17.1 Å². The first-order chi connectivity index (χ1) is 17.8. The summed E-state index contributed by atoms with van der Waals surface area (Å²) in [6.45, 7) is 3.73. The summed E-state index contributed by atoms with van der Waals surface area (Å²) in [4.78, 5) is 13.5. The second kappa shape index (κ2) is 9.95. The van der Waals surface area contributed by atoms with Gasteiger partial charge in [-0.2, -0.15) is 18.4 Å². The zero-order valence-electron chi connectivity index (χ0n) is 20.8. The molecule has 0 aliphatic carbocycles. The van der Waals surface area contributed by atoms with Crippen LogP contribution in [0.5, 0.6) is 0 Å². The van der Waals surface area contributed by atoms with Gasteiger partial charge in [-0.15, -0.1) is 0 Å². The van der Waals surface area contributed by atoms with Crippen molar-refractivity contribution in [3.8, 4) is 28.5 Å². The molecule has 0 amide bonds. The number of benzene rings is 3. The topological polar surface area (TPSA) is 79.9 Å². The number of nitriles is 1. The molecule has 0 spiro atoms. The van der Waals surface area contributed by atoms with Gasteiger partial charge in [0.25, 0.3) is 5.56 Å². The molecule has 0 fully saturated rings. The number of pyridine rings is 1. The summed E-state index contributed by atoms with van der Waals surface area (Å²) in [5.41, 5.74) is 0.925. The first-order valence-electron chi connectivity index (χ1n) is 11.5. The van der Waals surface area contributed by atoms with Crippen molar-refractivity contribution in [2.45, 2.75) is 31.5 Å². The van der Waals surface area contributed by atoms with E-state index in [0.29, 0.717) is 16.7 Å². The lowest BCUT2D eigenvalue weighted by Gasteiger charge is -2.19. The number of hydrogen-bond acceptors (Lipinski definition) is 4. The maximum atomic E-state index is 13.9. The normalized spacial score (nSPS) is 11.8. The summed E-state index contributed by atoms with van der Waals surface area (Å²) in [6.07, 6.45) is -3.81. The van der Waals surface area contributed by atoms with Crippen LogP contribution in [0.4, 0.5) is 13.2 Å². The van der Waals surface area contributed by atoms with E-state index in [2.05, 4.69) is 0 Å². The maximum absolute atomic E-state index is 13.9. The van der Waals surface area contributed by atoms with E-state index in [1.165, 1.54) is 22.8 Å². The summed E-state index contributed by atoms with van der Waals surface area (Å²) in [7, 11) is -3.40. The zero-order chi connectivity index (χ0) is 27.8. The van der Waals surface area contributed by atoms with E-state index in [9.17, 15) is 31.6 Å². The van der Waals surface area contributed by atoms with Gasteiger partial charge in [-0.1, -0.05) is 54.1 Å². The molecule has 0 aliphatic heterocycles. The Labute approximate surface area is 218 Å². The smallest absolute Gasteiger partial charge is 0.303 e. The van der Waals surface area contributed by atoms with Crippen molar-refractivity contribution in [1.82, 2.24) is 4.57 Å². The lowest BCUT2D eigenvalue weighted by Crippen LogP contribution is -2.29. The molecule has 1 aromatic heterocycles. The summed E-state index contributed by atoms with van der Waals surface area (Å²) in [5, 5.41) is 9.47. The highest BCUT2D eigenvalue weighted by Crippen LogP contribution is 2.35. The average Bonchev–Trinajstić information content (AvgIpc) is 2.85. The monoisotopic (exact) mass is 536 g/mol. The molecule has 0 radical (unpaired) electrons. The largest absolute Gasteiger partial charge is 0.417 e. The molecule has 0 atom stereocenters. The minimum atomic E-state index is -4.91. The third-order valence-electron chi connectivity index (χ3n) is 6.32. The number of sulfone groups is 1. The number of aromatic nitrogens is 1. The summed E-state index contributed by atoms with van der Waals surface area (Å²) < 4.78 is 66.5. The molecule has 3 aromatic carbocycles. The zero-order valence-corrected chi connectivity index (χ0v) is 21.6. The standard InChI is InChI=1S/C29H23F3N2O3S/c1-18-7-8-23(19(2)13-18)17-34-27(15-26(29(30,31)32)25(16-33)28(34)35)22-6-4-5-21(14-22)20-9-11-24(12-10-20)38(3,36)37/h4-15H,17H2,1-3H3. The Morgan fingerprint density at radius 2 is 1.55 bits per heavy atom. The average molecular weight is 537 g/mol. The second-order valence-electron chi connectivity index (χ2n) is 9.13. The van der Waals surface area contributed by atoms with Gasteiger partial charge >= 0.3 is 6.18 Å². The molecule has 0 unspecified atom stereocenters. The van der Waals surface area contributed by atoms with Gasteiger partial charge in [0.15, 0.2) is 9.84 Å². The lowest BCUT2D eigenvalue weighted by molar-refractivity contribution is -0.137. The van der Waals surface area contributed by atoms with Crippen LogP contribution in [0.25, 0.3) is 22.4 Å². The molecule has 0 saturated heterocycles. The molecule has 4 rings (SSSR count). The van der Waals surface area contributed by atoms with Gasteiger partial charge in [0.05, 0.1) is 22.7 Å². The summed E-state index contributed by atoms with van der Waals surface area (Å²) in [6, 6.07) is 20.6. The molecule has 38 heavy (non-hydrogen) atoms. The Morgan fingerprint density at radius 3 is 2.13 bits per heavy atom. The number of hydrogen-bond donors (Lipinski definition) is 0. The molecule has 9 heteroatoms. The van der Waals surface area contributed by atoms with E-state index in [1.54, 1.807) is 36.4 Å². The van der Waals surface area contributed by atoms with Crippen molar-refractivity contribution in [2.75, 3.05) is 6.26 Å². The predicted molar refractivity (Wildman–Crippen MR) is 139 cm³/mol. The van der Waals surface area contributed by atoms with Gasteiger partial charge in [-0.25, -0.2) is 8.42 Å². The molecule has 0 saturated carbocycles. The molecule has 0 aliphatic rings. The number of aryl methyl sites for hydroxylation is 2. The van der Waals surface area contributed by atoms with E-state index in [1.807, 2.05) is 32.0 Å².